The fourth-order valence-corrected chi connectivity index (χ4v) is 1.90. The number of hydrogen-bond donors (Lipinski definition) is 0. The van der Waals surface area contributed by atoms with E-state index < -0.39 is 0 Å². The van der Waals surface area contributed by atoms with Crippen LogP contribution >= 0.6 is 15.9 Å². The molecule has 1 aromatic rings. The number of amides is 1. The summed E-state index contributed by atoms with van der Waals surface area (Å²) in [6, 6.07) is 4.24. The molecule has 1 amide bonds. The van der Waals surface area contributed by atoms with Crippen LogP contribution in [-0.2, 0) is 4.79 Å². The van der Waals surface area contributed by atoms with E-state index in [0.29, 0.717) is 16.7 Å². The minimum atomic E-state index is -0.338. The molecule has 86 valence electrons. The van der Waals surface area contributed by atoms with Crippen LogP contribution in [-0.4, -0.2) is 12.5 Å². The molecule has 0 bridgehead atoms. The predicted octanol–water partition coefficient (Wildman–Crippen LogP) is 3.52. The Balaban J connectivity index is 3.10. The van der Waals surface area contributed by atoms with Crippen molar-refractivity contribution in [1.82, 2.24) is 0 Å². The van der Waals surface area contributed by atoms with Crippen molar-refractivity contribution in [3.05, 3.63) is 40.6 Å². The average molecular weight is 286 g/mol. The standard InChI is InChI=1S/C12H13BrFNO/c1-8(2)7-15(9(3)16)12-5-4-10(14)6-11(12)13/h4-6H,1,7H2,2-3H3. The molecule has 0 N–H and O–H groups in total. The molecule has 0 fully saturated rings. The van der Waals surface area contributed by atoms with Crippen molar-refractivity contribution in [1.29, 1.82) is 0 Å². The summed E-state index contributed by atoms with van der Waals surface area (Å²) in [5, 5.41) is 0. The van der Waals surface area contributed by atoms with Crippen molar-refractivity contribution in [3.63, 3.8) is 0 Å². The Morgan fingerprint density at radius 2 is 2.12 bits per heavy atom. The molecule has 4 heteroatoms. The number of anilines is 1. The van der Waals surface area contributed by atoms with E-state index in [9.17, 15) is 9.18 Å². The Morgan fingerprint density at radius 3 is 2.56 bits per heavy atom. The molecule has 0 aliphatic rings. The number of benzene rings is 1. The van der Waals surface area contributed by atoms with Gasteiger partial charge in [0.2, 0.25) is 5.91 Å². The van der Waals surface area contributed by atoms with Crippen molar-refractivity contribution in [3.8, 4) is 0 Å². The smallest absolute Gasteiger partial charge is 0.224 e. The SMILES string of the molecule is C=C(C)CN(C(C)=O)c1ccc(F)cc1Br. The second-order valence-corrected chi connectivity index (χ2v) is 4.51. The fraction of sp³-hybridized carbons (Fsp3) is 0.250. The first-order valence-corrected chi connectivity index (χ1v) is 5.58. The Bertz CT molecular complexity index is 431. The summed E-state index contributed by atoms with van der Waals surface area (Å²) in [6.07, 6.45) is 0. The maximum absolute atomic E-state index is 12.9. The molecular weight excluding hydrogens is 273 g/mol. The van der Waals surface area contributed by atoms with Crippen LogP contribution in [0, 0.1) is 5.82 Å². The normalized spacial score (nSPS) is 10.0. The molecular formula is C12H13BrFNO. The lowest BCUT2D eigenvalue weighted by Crippen LogP contribution is -2.30. The topological polar surface area (TPSA) is 20.3 Å². The summed E-state index contributed by atoms with van der Waals surface area (Å²) in [5.41, 5.74) is 1.52. The monoisotopic (exact) mass is 285 g/mol. The lowest BCUT2D eigenvalue weighted by molar-refractivity contribution is -0.116. The molecule has 16 heavy (non-hydrogen) atoms. The van der Waals surface area contributed by atoms with E-state index in [0.717, 1.165) is 5.57 Å². The highest BCUT2D eigenvalue weighted by atomic mass is 79.9. The summed E-state index contributed by atoms with van der Waals surface area (Å²) in [5.74, 6) is -0.440. The van der Waals surface area contributed by atoms with E-state index in [4.69, 9.17) is 0 Å². The van der Waals surface area contributed by atoms with Crippen LogP contribution in [0.1, 0.15) is 13.8 Å². The number of rotatable bonds is 3. The van der Waals surface area contributed by atoms with Crippen molar-refractivity contribution >= 4 is 27.5 Å². The highest BCUT2D eigenvalue weighted by molar-refractivity contribution is 9.10. The molecule has 1 aromatic carbocycles. The van der Waals surface area contributed by atoms with Crippen LogP contribution in [0.25, 0.3) is 0 Å². The van der Waals surface area contributed by atoms with Crippen LogP contribution in [0.15, 0.2) is 34.8 Å². The largest absolute Gasteiger partial charge is 0.307 e. The van der Waals surface area contributed by atoms with Gasteiger partial charge in [-0.1, -0.05) is 12.2 Å². The quantitative estimate of drug-likeness (QED) is 0.778. The van der Waals surface area contributed by atoms with E-state index >= 15 is 0 Å². The minimum Gasteiger partial charge on any atom is -0.307 e. The molecule has 0 radical (unpaired) electrons. The van der Waals surface area contributed by atoms with Gasteiger partial charge in [0.1, 0.15) is 5.82 Å². The Morgan fingerprint density at radius 1 is 1.50 bits per heavy atom. The third-order valence-corrected chi connectivity index (χ3v) is 2.64. The van der Waals surface area contributed by atoms with Gasteiger partial charge in [0, 0.05) is 17.9 Å². The molecule has 0 aliphatic heterocycles. The summed E-state index contributed by atoms with van der Waals surface area (Å²) >= 11 is 3.24. The second-order valence-electron chi connectivity index (χ2n) is 3.66. The van der Waals surface area contributed by atoms with Gasteiger partial charge in [-0.15, -0.1) is 0 Å². The van der Waals surface area contributed by atoms with Crippen molar-refractivity contribution < 1.29 is 9.18 Å². The lowest BCUT2D eigenvalue weighted by atomic mass is 10.2. The minimum absolute atomic E-state index is 0.102. The first-order valence-electron chi connectivity index (χ1n) is 4.79. The zero-order valence-corrected chi connectivity index (χ0v) is 10.8. The molecule has 1 rings (SSSR count). The van der Waals surface area contributed by atoms with Gasteiger partial charge in [-0.25, -0.2) is 4.39 Å². The van der Waals surface area contributed by atoms with Gasteiger partial charge in [-0.05, 0) is 41.1 Å². The van der Waals surface area contributed by atoms with Crippen molar-refractivity contribution in [2.24, 2.45) is 0 Å². The summed E-state index contributed by atoms with van der Waals surface area (Å²) < 4.78 is 13.5. The van der Waals surface area contributed by atoms with Gasteiger partial charge in [0.25, 0.3) is 0 Å². The van der Waals surface area contributed by atoms with Crippen LogP contribution in [0.5, 0.6) is 0 Å². The number of nitrogens with zero attached hydrogens (tertiary/aromatic N) is 1. The van der Waals surface area contributed by atoms with Crippen LogP contribution < -0.4 is 4.90 Å². The number of halogens is 2. The second kappa shape index (κ2) is 5.25. The zero-order chi connectivity index (χ0) is 12.3. The van der Waals surface area contributed by atoms with E-state index in [1.54, 1.807) is 11.0 Å². The van der Waals surface area contributed by atoms with Crippen LogP contribution in [0.4, 0.5) is 10.1 Å². The molecule has 0 saturated carbocycles. The highest BCUT2D eigenvalue weighted by Gasteiger charge is 2.14. The fourth-order valence-electron chi connectivity index (χ4n) is 1.34. The summed E-state index contributed by atoms with van der Waals surface area (Å²) in [6.45, 7) is 7.51. The number of carbonyl (C=O) groups excluding carboxylic acids is 1. The average Bonchev–Trinajstić information content (AvgIpc) is 2.14. The maximum Gasteiger partial charge on any atom is 0.224 e. The first kappa shape index (κ1) is 12.9. The Kier molecular flexibility index (Phi) is 4.24. The molecule has 0 spiro atoms. The third-order valence-electron chi connectivity index (χ3n) is 2.01. The van der Waals surface area contributed by atoms with E-state index in [2.05, 4.69) is 22.5 Å². The Hall–Kier alpha value is -1.16. The van der Waals surface area contributed by atoms with E-state index in [1.165, 1.54) is 19.1 Å². The van der Waals surface area contributed by atoms with Crippen LogP contribution in [0.3, 0.4) is 0 Å². The predicted molar refractivity (Wildman–Crippen MR) is 66.9 cm³/mol. The van der Waals surface area contributed by atoms with Crippen molar-refractivity contribution in [2.45, 2.75) is 13.8 Å². The molecule has 0 unspecified atom stereocenters. The van der Waals surface area contributed by atoms with E-state index in [-0.39, 0.29) is 11.7 Å². The lowest BCUT2D eigenvalue weighted by Gasteiger charge is -2.22. The molecule has 0 saturated heterocycles. The van der Waals surface area contributed by atoms with Gasteiger partial charge in [-0.3, -0.25) is 4.79 Å². The highest BCUT2D eigenvalue weighted by Crippen LogP contribution is 2.27. The van der Waals surface area contributed by atoms with Gasteiger partial charge < -0.3 is 4.90 Å². The molecule has 0 aromatic heterocycles. The van der Waals surface area contributed by atoms with Gasteiger partial charge in [-0.2, -0.15) is 0 Å². The summed E-state index contributed by atoms with van der Waals surface area (Å²) in [7, 11) is 0. The van der Waals surface area contributed by atoms with Crippen molar-refractivity contribution in [2.75, 3.05) is 11.4 Å². The third kappa shape index (κ3) is 3.17. The maximum atomic E-state index is 12.9. The Labute approximate surface area is 103 Å². The molecule has 0 atom stereocenters. The number of hydrogen-bond acceptors (Lipinski definition) is 1. The van der Waals surface area contributed by atoms with E-state index in [1.807, 2.05) is 6.92 Å². The molecule has 2 nitrogen and oxygen atoms in total. The zero-order valence-electron chi connectivity index (χ0n) is 9.26. The summed E-state index contributed by atoms with van der Waals surface area (Å²) in [4.78, 5) is 13.0. The number of carbonyl (C=O) groups is 1. The molecule has 0 aliphatic carbocycles. The molecule has 0 heterocycles. The van der Waals surface area contributed by atoms with Gasteiger partial charge in [0.05, 0.1) is 5.69 Å². The van der Waals surface area contributed by atoms with Gasteiger partial charge in [0.15, 0.2) is 0 Å². The van der Waals surface area contributed by atoms with Crippen LogP contribution in [0.2, 0.25) is 0 Å². The van der Waals surface area contributed by atoms with Gasteiger partial charge >= 0.3 is 0 Å². The first-order chi connectivity index (χ1) is 7.41.